The largest absolute Gasteiger partial charge is 0.226 e. The molecule has 1 fully saturated rings. The molecule has 1 aromatic heterocycles. The van der Waals surface area contributed by atoms with Crippen molar-refractivity contribution in [2.24, 2.45) is 0 Å². The molecule has 0 aromatic carbocycles. The molecule has 1 aliphatic rings. The summed E-state index contributed by atoms with van der Waals surface area (Å²) in [5.41, 5.74) is 0.0935. The molecule has 1 heterocycles. The molecule has 1 aliphatic carbocycles. The number of hydrogen-bond donors (Lipinski definition) is 0. The van der Waals surface area contributed by atoms with Crippen LogP contribution in [0.15, 0.2) is 0 Å². The topological polar surface area (TPSA) is 38.7 Å². The van der Waals surface area contributed by atoms with Crippen molar-refractivity contribution < 1.29 is 0 Å². The Morgan fingerprint density at radius 2 is 1.58 bits per heavy atom. The van der Waals surface area contributed by atoms with Gasteiger partial charge in [0.1, 0.15) is 5.82 Å². The van der Waals surface area contributed by atoms with Crippen LogP contribution in [0, 0.1) is 0 Å². The monoisotopic (exact) mass is 203 g/mol. The first kappa shape index (κ1) is 8.20. The van der Waals surface area contributed by atoms with Gasteiger partial charge < -0.3 is 0 Å². The number of rotatable bonds is 1. The van der Waals surface area contributed by atoms with Gasteiger partial charge >= 0.3 is 0 Å². The van der Waals surface area contributed by atoms with E-state index in [1.165, 1.54) is 0 Å². The predicted molar refractivity (Wildman–Crippen MR) is 46.4 cm³/mol. The van der Waals surface area contributed by atoms with Crippen LogP contribution in [0.25, 0.3) is 0 Å². The van der Waals surface area contributed by atoms with Crippen molar-refractivity contribution >= 4 is 23.2 Å². The molecular formula is C7H7Cl2N3. The fraction of sp³-hybridized carbons (Fsp3) is 0.571. The third-order valence-electron chi connectivity index (χ3n) is 2.12. The van der Waals surface area contributed by atoms with E-state index in [9.17, 15) is 0 Å². The molecule has 0 amide bonds. The zero-order chi connectivity index (χ0) is 8.77. The summed E-state index contributed by atoms with van der Waals surface area (Å²) in [4.78, 5) is 11.7. The van der Waals surface area contributed by atoms with E-state index >= 15 is 0 Å². The van der Waals surface area contributed by atoms with Gasteiger partial charge in [0.05, 0.1) is 0 Å². The van der Waals surface area contributed by atoms with E-state index in [4.69, 9.17) is 23.2 Å². The number of aromatic nitrogens is 3. The molecule has 1 aromatic rings. The first-order valence-electron chi connectivity index (χ1n) is 3.68. The van der Waals surface area contributed by atoms with Gasteiger partial charge in [0.25, 0.3) is 0 Å². The molecule has 1 saturated carbocycles. The van der Waals surface area contributed by atoms with Crippen LogP contribution in [-0.4, -0.2) is 15.0 Å². The Bertz CT molecular complexity index is 302. The molecule has 0 radical (unpaired) electrons. The van der Waals surface area contributed by atoms with E-state index in [2.05, 4.69) is 21.9 Å². The molecule has 0 N–H and O–H groups in total. The lowest BCUT2D eigenvalue weighted by Crippen LogP contribution is -2.08. The van der Waals surface area contributed by atoms with Crippen molar-refractivity contribution in [3.63, 3.8) is 0 Å². The minimum atomic E-state index is 0.0935. The molecule has 0 spiro atoms. The molecule has 12 heavy (non-hydrogen) atoms. The van der Waals surface area contributed by atoms with Gasteiger partial charge in [0, 0.05) is 5.41 Å². The third-order valence-corrected chi connectivity index (χ3v) is 2.46. The van der Waals surface area contributed by atoms with Crippen LogP contribution in [0.2, 0.25) is 10.6 Å². The van der Waals surface area contributed by atoms with Crippen molar-refractivity contribution in [2.45, 2.75) is 25.2 Å². The molecule has 0 unspecified atom stereocenters. The average Bonchev–Trinajstić information content (AvgIpc) is 2.67. The van der Waals surface area contributed by atoms with Crippen molar-refractivity contribution in [3.05, 3.63) is 16.4 Å². The van der Waals surface area contributed by atoms with Crippen LogP contribution < -0.4 is 0 Å². The Balaban J connectivity index is 2.44. The Kier molecular flexibility index (Phi) is 1.73. The van der Waals surface area contributed by atoms with E-state index in [0.717, 1.165) is 12.8 Å². The maximum atomic E-state index is 5.64. The summed E-state index contributed by atoms with van der Waals surface area (Å²) < 4.78 is 0. The summed E-state index contributed by atoms with van der Waals surface area (Å²) >= 11 is 11.3. The van der Waals surface area contributed by atoms with Gasteiger partial charge in [-0.05, 0) is 36.0 Å². The van der Waals surface area contributed by atoms with Crippen molar-refractivity contribution in [2.75, 3.05) is 0 Å². The number of halogens is 2. The highest BCUT2D eigenvalue weighted by Crippen LogP contribution is 2.46. The molecule has 0 bridgehead atoms. The van der Waals surface area contributed by atoms with Crippen molar-refractivity contribution in [1.82, 2.24) is 15.0 Å². The van der Waals surface area contributed by atoms with Crippen LogP contribution in [0.5, 0.6) is 0 Å². The summed E-state index contributed by atoms with van der Waals surface area (Å²) in [6, 6.07) is 0. The van der Waals surface area contributed by atoms with Gasteiger partial charge in [-0.3, -0.25) is 0 Å². The summed E-state index contributed by atoms with van der Waals surface area (Å²) in [6.07, 6.45) is 2.20. The summed E-state index contributed by atoms with van der Waals surface area (Å²) in [6.45, 7) is 2.09. The molecular weight excluding hydrogens is 197 g/mol. The molecule has 5 heteroatoms. The highest BCUT2D eigenvalue weighted by Gasteiger charge is 2.42. The zero-order valence-corrected chi connectivity index (χ0v) is 8.02. The van der Waals surface area contributed by atoms with E-state index in [1.54, 1.807) is 0 Å². The first-order chi connectivity index (χ1) is 5.60. The Labute approximate surface area is 80.2 Å². The standard InChI is InChI=1S/C7H7Cl2N3/c1-7(2-3-7)4-10-5(8)12-6(9)11-4/h2-3H2,1H3. The lowest BCUT2D eigenvalue weighted by molar-refractivity contribution is 0.698. The minimum Gasteiger partial charge on any atom is -0.202 e. The van der Waals surface area contributed by atoms with E-state index in [-0.39, 0.29) is 16.0 Å². The molecule has 2 rings (SSSR count). The second-order valence-electron chi connectivity index (χ2n) is 3.26. The smallest absolute Gasteiger partial charge is 0.202 e. The van der Waals surface area contributed by atoms with Gasteiger partial charge in [-0.15, -0.1) is 0 Å². The predicted octanol–water partition coefficient (Wildman–Crippen LogP) is 2.23. The Morgan fingerprint density at radius 3 is 2.00 bits per heavy atom. The molecule has 0 aliphatic heterocycles. The van der Waals surface area contributed by atoms with Crippen LogP contribution >= 0.6 is 23.2 Å². The summed E-state index contributed by atoms with van der Waals surface area (Å²) in [5.74, 6) is 0.715. The maximum absolute atomic E-state index is 5.64. The average molecular weight is 204 g/mol. The molecule has 64 valence electrons. The minimum absolute atomic E-state index is 0.0935. The fourth-order valence-corrected chi connectivity index (χ4v) is 1.37. The Hall–Kier alpha value is -0.410. The molecule has 0 atom stereocenters. The van der Waals surface area contributed by atoms with Crippen LogP contribution in [0.4, 0.5) is 0 Å². The molecule has 0 saturated heterocycles. The fourth-order valence-electron chi connectivity index (χ4n) is 1.01. The Morgan fingerprint density at radius 1 is 1.08 bits per heavy atom. The van der Waals surface area contributed by atoms with Gasteiger partial charge in [-0.1, -0.05) is 6.92 Å². The highest BCUT2D eigenvalue weighted by atomic mass is 35.5. The second-order valence-corrected chi connectivity index (χ2v) is 3.93. The maximum Gasteiger partial charge on any atom is 0.226 e. The van der Waals surface area contributed by atoms with Crippen LogP contribution in [-0.2, 0) is 5.41 Å². The van der Waals surface area contributed by atoms with Crippen LogP contribution in [0.1, 0.15) is 25.6 Å². The quantitative estimate of drug-likeness (QED) is 0.703. The number of nitrogens with zero attached hydrogens (tertiary/aromatic N) is 3. The van der Waals surface area contributed by atoms with Gasteiger partial charge in [-0.2, -0.15) is 4.98 Å². The normalized spacial score (nSPS) is 19.2. The molecule has 3 nitrogen and oxygen atoms in total. The van der Waals surface area contributed by atoms with E-state index in [1.807, 2.05) is 0 Å². The summed E-state index contributed by atoms with van der Waals surface area (Å²) in [7, 11) is 0. The van der Waals surface area contributed by atoms with Gasteiger partial charge in [-0.25, -0.2) is 9.97 Å². The second kappa shape index (κ2) is 2.54. The van der Waals surface area contributed by atoms with Crippen molar-refractivity contribution in [3.8, 4) is 0 Å². The van der Waals surface area contributed by atoms with E-state index < -0.39 is 0 Å². The zero-order valence-electron chi connectivity index (χ0n) is 6.51. The SMILES string of the molecule is CC1(c2nc(Cl)nc(Cl)n2)CC1. The first-order valence-corrected chi connectivity index (χ1v) is 4.43. The van der Waals surface area contributed by atoms with Crippen molar-refractivity contribution in [1.29, 1.82) is 0 Å². The third kappa shape index (κ3) is 1.39. The highest BCUT2D eigenvalue weighted by molar-refractivity contribution is 6.31. The summed E-state index contributed by atoms with van der Waals surface area (Å²) in [5, 5.41) is 0.358. The van der Waals surface area contributed by atoms with Gasteiger partial charge in [0.15, 0.2) is 0 Å². The lowest BCUT2D eigenvalue weighted by atomic mass is 10.1. The van der Waals surface area contributed by atoms with Gasteiger partial charge in [0.2, 0.25) is 10.6 Å². The van der Waals surface area contributed by atoms with Crippen LogP contribution in [0.3, 0.4) is 0 Å². The lowest BCUT2D eigenvalue weighted by Gasteiger charge is -2.05. The number of hydrogen-bond acceptors (Lipinski definition) is 3. The van der Waals surface area contributed by atoms with E-state index in [0.29, 0.717) is 5.82 Å².